The van der Waals surface area contributed by atoms with Crippen LogP contribution in [0.25, 0.3) is 0 Å². The number of nitrogen functional groups attached to an aromatic ring is 1. The van der Waals surface area contributed by atoms with Crippen LogP contribution < -0.4 is 15.8 Å². The Bertz CT molecular complexity index is 612. The molecule has 0 heterocycles. The predicted molar refractivity (Wildman–Crippen MR) is 76.1 cm³/mol. The van der Waals surface area contributed by atoms with E-state index in [1.165, 1.54) is 19.2 Å². The van der Waals surface area contributed by atoms with Crippen LogP contribution in [0.15, 0.2) is 42.5 Å². The van der Waals surface area contributed by atoms with E-state index in [9.17, 15) is 9.18 Å². The number of carbonyl (C=O) groups is 1. The van der Waals surface area contributed by atoms with Crippen LogP contribution in [-0.2, 0) is 11.2 Å². The van der Waals surface area contributed by atoms with Crippen molar-refractivity contribution in [3.05, 3.63) is 53.8 Å². The molecule has 5 heteroatoms. The van der Waals surface area contributed by atoms with Gasteiger partial charge < -0.3 is 15.8 Å². The minimum atomic E-state index is -0.325. The number of ether oxygens (including phenoxy) is 1. The SMILES string of the molecule is COc1cc(N)ccc1NC(=O)Cc1ccc(F)cc1. The lowest BCUT2D eigenvalue weighted by Gasteiger charge is -2.10. The highest BCUT2D eigenvalue weighted by atomic mass is 19.1. The molecule has 0 unspecified atom stereocenters. The summed E-state index contributed by atoms with van der Waals surface area (Å²) in [6.07, 6.45) is 0.161. The second-order valence-electron chi connectivity index (χ2n) is 4.31. The molecule has 0 aliphatic heterocycles. The molecule has 0 radical (unpaired) electrons. The number of benzene rings is 2. The monoisotopic (exact) mass is 274 g/mol. The normalized spacial score (nSPS) is 10.1. The summed E-state index contributed by atoms with van der Waals surface area (Å²) < 4.78 is 17.9. The van der Waals surface area contributed by atoms with E-state index in [-0.39, 0.29) is 18.1 Å². The predicted octanol–water partition coefficient (Wildman–Crippen LogP) is 2.60. The first-order valence-corrected chi connectivity index (χ1v) is 6.06. The molecule has 0 saturated carbocycles. The molecular weight excluding hydrogens is 259 g/mol. The Morgan fingerprint density at radius 3 is 2.60 bits per heavy atom. The van der Waals surface area contributed by atoms with Crippen molar-refractivity contribution in [2.45, 2.75) is 6.42 Å². The van der Waals surface area contributed by atoms with Crippen molar-refractivity contribution >= 4 is 17.3 Å². The highest BCUT2D eigenvalue weighted by Crippen LogP contribution is 2.26. The first-order valence-electron chi connectivity index (χ1n) is 6.06. The van der Waals surface area contributed by atoms with E-state index in [1.807, 2.05) is 0 Å². The van der Waals surface area contributed by atoms with Gasteiger partial charge in [0.2, 0.25) is 5.91 Å². The average Bonchev–Trinajstić information content (AvgIpc) is 2.43. The van der Waals surface area contributed by atoms with Crippen molar-refractivity contribution in [3.8, 4) is 5.75 Å². The van der Waals surface area contributed by atoms with Gasteiger partial charge >= 0.3 is 0 Å². The molecule has 0 fully saturated rings. The largest absolute Gasteiger partial charge is 0.494 e. The number of hydrogen-bond donors (Lipinski definition) is 2. The highest BCUT2D eigenvalue weighted by Gasteiger charge is 2.08. The van der Waals surface area contributed by atoms with Crippen LogP contribution in [0.2, 0.25) is 0 Å². The summed E-state index contributed by atoms with van der Waals surface area (Å²) in [7, 11) is 1.50. The van der Waals surface area contributed by atoms with Gasteiger partial charge in [0.15, 0.2) is 0 Å². The van der Waals surface area contributed by atoms with Crippen LogP contribution in [0.3, 0.4) is 0 Å². The fourth-order valence-electron chi connectivity index (χ4n) is 1.79. The van der Waals surface area contributed by atoms with Crippen LogP contribution >= 0.6 is 0 Å². The van der Waals surface area contributed by atoms with Crippen molar-refractivity contribution < 1.29 is 13.9 Å². The third-order valence-electron chi connectivity index (χ3n) is 2.78. The van der Waals surface area contributed by atoms with Crippen molar-refractivity contribution in [2.75, 3.05) is 18.2 Å². The quantitative estimate of drug-likeness (QED) is 0.842. The fourth-order valence-corrected chi connectivity index (χ4v) is 1.79. The van der Waals surface area contributed by atoms with Gasteiger partial charge in [0, 0.05) is 11.8 Å². The van der Waals surface area contributed by atoms with Gasteiger partial charge in [-0.3, -0.25) is 4.79 Å². The lowest BCUT2D eigenvalue weighted by Crippen LogP contribution is -2.15. The minimum Gasteiger partial charge on any atom is -0.494 e. The van der Waals surface area contributed by atoms with Crippen molar-refractivity contribution in [3.63, 3.8) is 0 Å². The average molecular weight is 274 g/mol. The summed E-state index contributed by atoms with van der Waals surface area (Å²) >= 11 is 0. The summed E-state index contributed by atoms with van der Waals surface area (Å²) in [6.45, 7) is 0. The summed E-state index contributed by atoms with van der Waals surface area (Å²) in [5, 5.41) is 2.74. The number of methoxy groups -OCH3 is 1. The first kappa shape index (κ1) is 13.9. The zero-order chi connectivity index (χ0) is 14.5. The van der Waals surface area contributed by atoms with E-state index in [0.717, 1.165) is 5.56 Å². The molecule has 2 rings (SSSR count). The minimum absolute atomic E-state index is 0.161. The Morgan fingerprint density at radius 2 is 1.95 bits per heavy atom. The molecule has 2 aromatic carbocycles. The smallest absolute Gasteiger partial charge is 0.228 e. The number of amides is 1. The maximum absolute atomic E-state index is 12.8. The molecule has 0 atom stereocenters. The number of rotatable bonds is 4. The van der Waals surface area contributed by atoms with Gasteiger partial charge in [-0.2, -0.15) is 0 Å². The number of hydrogen-bond acceptors (Lipinski definition) is 3. The maximum Gasteiger partial charge on any atom is 0.228 e. The lowest BCUT2D eigenvalue weighted by molar-refractivity contribution is -0.115. The molecule has 4 nitrogen and oxygen atoms in total. The molecule has 2 aromatic rings. The molecule has 20 heavy (non-hydrogen) atoms. The van der Waals surface area contributed by atoms with E-state index in [0.29, 0.717) is 17.1 Å². The van der Waals surface area contributed by atoms with Gasteiger partial charge in [0.25, 0.3) is 0 Å². The second kappa shape index (κ2) is 6.06. The number of nitrogens with two attached hydrogens (primary N) is 1. The molecule has 3 N–H and O–H groups in total. The molecule has 0 aromatic heterocycles. The topological polar surface area (TPSA) is 64.3 Å². The molecular formula is C15H15FN2O2. The number of nitrogens with one attached hydrogen (secondary N) is 1. The van der Waals surface area contributed by atoms with Crippen LogP contribution in [-0.4, -0.2) is 13.0 Å². The van der Waals surface area contributed by atoms with E-state index in [4.69, 9.17) is 10.5 Å². The number of anilines is 2. The lowest BCUT2D eigenvalue weighted by atomic mass is 10.1. The van der Waals surface area contributed by atoms with E-state index >= 15 is 0 Å². The van der Waals surface area contributed by atoms with Crippen molar-refractivity contribution in [2.24, 2.45) is 0 Å². The molecule has 0 bridgehead atoms. The molecule has 104 valence electrons. The van der Waals surface area contributed by atoms with Gasteiger partial charge in [-0.15, -0.1) is 0 Å². The molecule has 0 aliphatic rings. The van der Waals surface area contributed by atoms with Crippen molar-refractivity contribution in [1.29, 1.82) is 0 Å². The van der Waals surface area contributed by atoms with Gasteiger partial charge in [-0.25, -0.2) is 4.39 Å². The Morgan fingerprint density at radius 1 is 1.25 bits per heavy atom. The van der Waals surface area contributed by atoms with E-state index in [2.05, 4.69) is 5.32 Å². The Kier molecular flexibility index (Phi) is 4.20. The first-order chi connectivity index (χ1) is 9.58. The number of carbonyl (C=O) groups excluding carboxylic acids is 1. The van der Waals surface area contributed by atoms with Crippen molar-refractivity contribution in [1.82, 2.24) is 0 Å². The molecule has 0 aliphatic carbocycles. The Labute approximate surface area is 116 Å². The second-order valence-corrected chi connectivity index (χ2v) is 4.31. The van der Waals surface area contributed by atoms with Gasteiger partial charge in [0.05, 0.1) is 19.2 Å². The van der Waals surface area contributed by atoms with Crippen LogP contribution in [0.5, 0.6) is 5.75 Å². The zero-order valence-corrected chi connectivity index (χ0v) is 11.0. The van der Waals surface area contributed by atoms with Crippen LogP contribution in [0, 0.1) is 5.82 Å². The molecule has 0 saturated heterocycles. The van der Waals surface area contributed by atoms with Crippen LogP contribution in [0.4, 0.5) is 15.8 Å². The standard InChI is InChI=1S/C15H15FN2O2/c1-20-14-9-12(17)6-7-13(14)18-15(19)8-10-2-4-11(16)5-3-10/h2-7,9H,8,17H2,1H3,(H,18,19). The van der Waals surface area contributed by atoms with Gasteiger partial charge in [-0.05, 0) is 29.8 Å². The highest BCUT2D eigenvalue weighted by molar-refractivity contribution is 5.94. The summed E-state index contributed by atoms with van der Waals surface area (Å²) in [5.74, 6) is -0.0357. The number of halogens is 1. The van der Waals surface area contributed by atoms with E-state index < -0.39 is 0 Å². The van der Waals surface area contributed by atoms with E-state index in [1.54, 1.807) is 30.3 Å². The Hall–Kier alpha value is -2.56. The van der Waals surface area contributed by atoms with Gasteiger partial charge in [-0.1, -0.05) is 12.1 Å². The molecule has 1 amide bonds. The Balaban J connectivity index is 2.06. The summed E-state index contributed by atoms with van der Waals surface area (Å²) in [4.78, 5) is 11.9. The van der Waals surface area contributed by atoms with Gasteiger partial charge in [0.1, 0.15) is 11.6 Å². The third-order valence-corrected chi connectivity index (χ3v) is 2.78. The maximum atomic E-state index is 12.8. The summed E-state index contributed by atoms with van der Waals surface area (Å²) in [5.41, 5.74) is 7.48. The molecule has 0 spiro atoms. The summed E-state index contributed by atoms with van der Waals surface area (Å²) in [6, 6.07) is 10.8. The zero-order valence-electron chi connectivity index (χ0n) is 11.0. The third kappa shape index (κ3) is 3.47. The van der Waals surface area contributed by atoms with Crippen LogP contribution in [0.1, 0.15) is 5.56 Å². The fraction of sp³-hybridized carbons (Fsp3) is 0.133.